The van der Waals surface area contributed by atoms with Crippen molar-refractivity contribution in [1.29, 1.82) is 5.26 Å². The molecule has 2 N–H and O–H groups in total. The lowest BCUT2D eigenvalue weighted by Gasteiger charge is -1.96. The Hall–Kier alpha value is -1.45. The fourth-order valence-corrected chi connectivity index (χ4v) is 1.15. The smallest absolute Gasteiger partial charge is 0.101 e. The molecule has 2 nitrogen and oxygen atoms in total. The van der Waals surface area contributed by atoms with Gasteiger partial charge in [-0.15, -0.1) is 0 Å². The normalized spacial score (nSPS) is 8.57. The fraction of sp³-hybridized carbons (Fsp3) is 0.182. The summed E-state index contributed by atoms with van der Waals surface area (Å²) >= 11 is 3.29. The minimum Gasteiger partial charge on any atom is -0.398 e. The van der Waals surface area contributed by atoms with Crippen molar-refractivity contribution in [2.24, 2.45) is 0 Å². The van der Waals surface area contributed by atoms with Crippen molar-refractivity contribution in [3.63, 3.8) is 0 Å². The molecule has 0 fully saturated rings. The minimum atomic E-state index is 0.484. The first kappa shape index (κ1) is 10.6. The van der Waals surface area contributed by atoms with Crippen LogP contribution in [0.15, 0.2) is 18.2 Å². The number of nitrogens with zero attached hydrogens (tertiary/aromatic N) is 1. The number of nitrogens with two attached hydrogens (primary N) is 1. The first-order chi connectivity index (χ1) is 6.77. The van der Waals surface area contributed by atoms with Gasteiger partial charge in [0.1, 0.15) is 6.07 Å². The standard InChI is InChI=1S/C11H9BrN2/c12-6-2-1-3-9-4-5-10(8-13)11(14)7-9/h4-5,7H,2,6,14H2. The van der Waals surface area contributed by atoms with E-state index in [1.165, 1.54) is 0 Å². The lowest BCUT2D eigenvalue weighted by atomic mass is 10.1. The van der Waals surface area contributed by atoms with Crippen LogP contribution in [-0.2, 0) is 0 Å². The van der Waals surface area contributed by atoms with Crippen molar-refractivity contribution >= 4 is 21.6 Å². The highest BCUT2D eigenvalue weighted by Gasteiger charge is 1.96. The maximum absolute atomic E-state index is 8.65. The van der Waals surface area contributed by atoms with E-state index < -0.39 is 0 Å². The number of halogens is 1. The Morgan fingerprint density at radius 2 is 2.21 bits per heavy atom. The van der Waals surface area contributed by atoms with Crippen LogP contribution in [0.2, 0.25) is 0 Å². The van der Waals surface area contributed by atoms with Crippen LogP contribution in [0.4, 0.5) is 5.69 Å². The van der Waals surface area contributed by atoms with Crippen molar-refractivity contribution in [1.82, 2.24) is 0 Å². The van der Waals surface area contributed by atoms with Crippen molar-refractivity contribution < 1.29 is 0 Å². The summed E-state index contributed by atoms with van der Waals surface area (Å²) in [6, 6.07) is 7.22. The highest BCUT2D eigenvalue weighted by molar-refractivity contribution is 9.09. The second-order valence-corrected chi connectivity index (χ2v) is 3.45. The molecule has 0 amide bonds. The summed E-state index contributed by atoms with van der Waals surface area (Å²) in [6.07, 6.45) is 0.805. The van der Waals surface area contributed by atoms with E-state index in [1.807, 2.05) is 6.07 Å². The fourth-order valence-electron chi connectivity index (χ4n) is 0.954. The van der Waals surface area contributed by atoms with Gasteiger partial charge in [-0.05, 0) is 18.2 Å². The summed E-state index contributed by atoms with van der Waals surface area (Å²) in [5.41, 5.74) is 7.47. The molecular formula is C11H9BrN2. The van der Waals surface area contributed by atoms with Gasteiger partial charge in [-0.25, -0.2) is 0 Å². The van der Waals surface area contributed by atoms with Gasteiger partial charge < -0.3 is 5.73 Å². The van der Waals surface area contributed by atoms with Crippen molar-refractivity contribution in [3.05, 3.63) is 29.3 Å². The van der Waals surface area contributed by atoms with Crippen LogP contribution in [0.5, 0.6) is 0 Å². The molecule has 14 heavy (non-hydrogen) atoms. The molecule has 0 aromatic heterocycles. The van der Waals surface area contributed by atoms with Crippen LogP contribution >= 0.6 is 15.9 Å². The van der Waals surface area contributed by atoms with Crippen molar-refractivity contribution in [2.45, 2.75) is 6.42 Å². The Morgan fingerprint density at radius 3 is 2.79 bits per heavy atom. The van der Waals surface area contributed by atoms with Gasteiger partial charge in [-0.1, -0.05) is 27.8 Å². The van der Waals surface area contributed by atoms with Gasteiger partial charge in [-0.2, -0.15) is 5.26 Å². The number of rotatable bonds is 1. The van der Waals surface area contributed by atoms with Crippen molar-refractivity contribution in [2.75, 3.05) is 11.1 Å². The molecule has 1 aromatic carbocycles. The third-order valence-electron chi connectivity index (χ3n) is 1.62. The van der Waals surface area contributed by atoms with Gasteiger partial charge in [0.25, 0.3) is 0 Å². The van der Waals surface area contributed by atoms with E-state index in [0.29, 0.717) is 11.3 Å². The number of alkyl halides is 1. The zero-order chi connectivity index (χ0) is 10.4. The molecule has 0 aliphatic heterocycles. The van der Waals surface area contributed by atoms with Gasteiger partial charge in [-0.3, -0.25) is 0 Å². The monoisotopic (exact) mass is 248 g/mol. The summed E-state index contributed by atoms with van der Waals surface area (Å²) in [7, 11) is 0. The third kappa shape index (κ3) is 2.80. The molecule has 0 aliphatic rings. The van der Waals surface area contributed by atoms with E-state index in [9.17, 15) is 0 Å². The van der Waals surface area contributed by atoms with E-state index >= 15 is 0 Å². The molecular weight excluding hydrogens is 240 g/mol. The second kappa shape index (κ2) is 5.32. The molecule has 3 heteroatoms. The predicted octanol–water partition coefficient (Wildman–Crippen LogP) is 2.28. The Balaban J connectivity index is 2.89. The molecule has 70 valence electrons. The van der Waals surface area contributed by atoms with E-state index in [0.717, 1.165) is 17.3 Å². The lowest BCUT2D eigenvalue weighted by molar-refractivity contribution is 1.32. The van der Waals surface area contributed by atoms with Crippen LogP contribution in [0, 0.1) is 23.2 Å². The molecule has 0 radical (unpaired) electrons. The molecule has 0 aliphatic carbocycles. The average Bonchev–Trinajstić information content (AvgIpc) is 2.18. The van der Waals surface area contributed by atoms with E-state index in [1.54, 1.807) is 18.2 Å². The molecule has 0 unspecified atom stereocenters. The molecule has 0 bridgehead atoms. The molecule has 1 rings (SSSR count). The van der Waals surface area contributed by atoms with Gasteiger partial charge in [0, 0.05) is 17.3 Å². The first-order valence-electron chi connectivity index (χ1n) is 4.12. The number of anilines is 1. The van der Waals surface area contributed by atoms with Crippen LogP contribution in [0.25, 0.3) is 0 Å². The quantitative estimate of drug-likeness (QED) is 0.471. The zero-order valence-electron chi connectivity index (χ0n) is 7.55. The van der Waals surface area contributed by atoms with E-state index in [-0.39, 0.29) is 0 Å². The maximum Gasteiger partial charge on any atom is 0.101 e. The molecule has 0 heterocycles. The van der Waals surface area contributed by atoms with E-state index in [2.05, 4.69) is 27.8 Å². The average molecular weight is 249 g/mol. The zero-order valence-corrected chi connectivity index (χ0v) is 9.13. The predicted molar refractivity (Wildman–Crippen MR) is 60.9 cm³/mol. The van der Waals surface area contributed by atoms with Crippen LogP contribution in [0.3, 0.4) is 0 Å². The third-order valence-corrected chi connectivity index (χ3v) is 2.02. The van der Waals surface area contributed by atoms with Gasteiger partial charge in [0.05, 0.1) is 11.3 Å². The summed E-state index contributed by atoms with van der Waals surface area (Å²) in [5.74, 6) is 5.95. The lowest BCUT2D eigenvalue weighted by Crippen LogP contribution is -1.90. The summed E-state index contributed by atoms with van der Waals surface area (Å²) in [4.78, 5) is 0. The van der Waals surface area contributed by atoms with Gasteiger partial charge in [0.15, 0.2) is 0 Å². The van der Waals surface area contributed by atoms with E-state index in [4.69, 9.17) is 11.0 Å². The van der Waals surface area contributed by atoms with Gasteiger partial charge in [0.2, 0.25) is 0 Å². The maximum atomic E-state index is 8.65. The van der Waals surface area contributed by atoms with Crippen LogP contribution < -0.4 is 5.73 Å². The summed E-state index contributed by atoms with van der Waals surface area (Å²) < 4.78 is 0. The second-order valence-electron chi connectivity index (χ2n) is 2.65. The van der Waals surface area contributed by atoms with Crippen LogP contribution in [0.1, 0.15) is 17.5 Å². The molecule has 0 saturated carbocycles. The molecule has 0 spiro atoms. The molecule has 0 atom stereocenters. The summed E-state index contributed by atoms with van der Waals surface area (Å²) in [5, 5.41) is 9.52. The number of hydrogen-bond acceptors (Lipinski definition) is 2. The number of hydrogen-bond donors (Lipinski definition) is 1. The van der Waals surface area contributed by atoms with Crippen molar-refractivity contribution in [3.8, 4) is 17.9 Å². The number of nitriles is 1. The molecule has 0 saturated heterocycles. The number of benzene rings is 1. The Bertz CT molecular complexity index is 421. The highest BCUT2D eigenvalue weighted by atomic mass is 79.9. The largest absolute Gasteiger partial charge is 0.398 e. The van der Waals surface area contributed by atoms with Crippen LogP contribution in [-0.4, -0.2) is 5.33 Å². The minimum absolute atomic E-state index is 0.484. The SMILES string of the molecule is N#Cc1ccc(C#CCCBr)cc1N. The first-order valence-corrected chi connectivity index (χ1v) is 5.24. The number of nitrogen functional groups attached to an aromatic ring is 1. The van der Waals surface area contributed by atoms with Gasteiger partial charge >= 0.3 is 0 Å². The Labute approximate surface area is 91.9 Å². The Kier molecular flexibility index (Phi) is 4.04. The Morgan fingerprint density at radius 1 is 1.43 bits per heavy atom. The topological polar surface area (TPSA) is 49.8 Å². The highest BCUT2D eigenvalue weighted by Crippen LogP contribution is 2.12. The molecule has 1 aromatic rings. The summed E-state index contributed by atoms with van der Waals surface area (Å²) in [6.45, 7) is 0.